The number of para-hydroxylation sites is 2. The third-order valence-electron chi connectivity index (χ3n) is 5.80. The molecule has 0 aliphatic carbocycles. The fourth-order valence-corrected chi connectivity index (χ4v) is 4.45. The van der Waals surface area contributed by atoms with Gasteiger partial charge in [0, 0.05) is 30.5 Å². The number of benzene rings is 2. The van der Waals surface area contributed by atoms with Gasteiger partial charge in [0.25, 0.3) is 0 Å². The van der Waals surface area contributed by atoms with Crippen LogP contribution in [0.3, 0.4) is 0 Å². The molecule has 1 aliphatic rings. The molecule has 6 heteroatoms. The van der Waals surface area contributed by atoms with E-state index in [2.05, 4.69) is 16.0 Å². The molecule has 2 aromatic carbocycles. The summed E-state index contributed by atoms with van der Waals surface area (Å²) >= 11 is 0. The zero-order valence-electron chi connectivity index (χ0n) is 17.4. The van der Waals surface area contributed by atoms with E-state index in [1.54, 1.807) is 24.8 Å². The van der Waals surface area contributed by atoms with Crippen molar-refractivity contribution in [1.82, 2.24) is 9.97 Å². The summed E-state index contributed by atoms with van der Waals surface area (Å²) in [5.74, 6) is 0.100. The third-order valence-corrected chi connectivity index (χ3v) is 5.80. The van der Waals surface area contributed by atoms with Crippen LogP contribution in [0.4, 0.5) is 11.4 Å². The van der Waals surface area contributed by atoms with E-state index in [0.717, 1.165) is 28.1 Å². The minimum absolute atomic E-state index is 0. The van der Waals surface area contributed by atoms with Crippen LogP contribution in [0.2, 0.25) is 0 Å². The average molecular weight is 445 g/mol. The lowest BCUT2D eigenvalue weighted by molar-refractivity contribution is -0.122. The molecule has 32 heavy (non-hydrogen) atoms. The van der Waals surface area contributed by atoms with Crippen molar-refractivity contribution in [2.75, 3.05) is 4.90 Å². The summed E-state index contributed by atoms with van der Waals surface area (Å²) in [6.45, 7) is 0. The molecule has 0 unspecified atom stereocenters. The maximum absolute atomic E-state index is 14.2. The first-order valence-electron chi connectivity index (χ1n) is 10.0. The molecule has 0 radical (unpaired) electrons. The quantitative estimate of drug-likeness (QED) is 0.461. The van der Waals surface area contributed by atoms with Crippen LogP contribution in [-0.4, -0.2) is 21.4 Å². The fraction of sp³-hybridized carbons (Fsp3) is 0.115. The van der Waals surface area contributed by atoms with Gasteiger partial charge in [-0.3, -0.25) is 19.7 Å². The van der Waals surface area contributed by atoms with Crippen molar-refractivity contribution in [2.24, 2.45) is 0 Å². The Hall–Kier alpha value is -3.54. The molecule has 0 fully saturated rings. The largest absolute Gasteiger partial charge is 1.00 e. The van der Waals surface area contributed by atoms with Gasteiger partial charge >= 0.3 is 0 Å². The van der Waals surface area contributed by atoms with Gasteiger partial charge in [-0.2, -0.15) is 0 Å². The molecule has 1 aliphatic heterocycles. The second-order valence-electron chi connectivity index (χ2n) is 7.64. The molecule has 2 aromatic heterocycles. The topological polar surface area (TPSA) is 77.6 Å². The molecule has 3 heterocycles. The van der Waals surface area contributed by atoms with E-state index in [-0.39, 0.29) is 23.8 Å². The number of halogens is 1. The van der Waals surface area contributed by atoms with E-state index < -0.39 is 5.41 Å². The van der Waals surface area contributed by atoms with Crippen LogP contribution in [0.1, 0.15) is 16.7 Å². The summed E-state index contributed by atoms with van der Waals surface area (Å²) in [4.78, 5) is 24.4. The van der Waals surface area contributed by atoms with Crippen molar-refractivity contribution in [3.63, 3.8) is 0 Å². The Labute approximate surface area is 193 Å². The highest BCUT2D eigenvalue weighted by atomic mass is 35.5. The van der Waals surface area contributed by atoms with Crippen LogP contribution in [0, 0.1) is 0 Å². The zero-order chi connectivity index (χ0) is 20.4. The Morgan fingerprint density at radius 1 is 0.688 bits per heavy atom. The van der Waals surface area contributed by atoms with Gasteiger partial charge in [-0.1, -0.05) is 36.4 Å². The van der Waals surface area contributed by atoms with Gasteiger partial charge in [-0.15, -0.1) is 0 Å². The van der Waals surface area contributed by atoms with Crippen molar-refractivity contribution in [1.29, 1.82) is 0 Å². The van der Waals surface area contributed by atoms with Crippen LogP contribution in [0.15, 0.2) is 104 Å². The highest BCUT2D eigenvalue weighted by Crippen LogP contribution is 2.48. The molecule has 162 valence electrons. The molecule has 5 rings (SSSR count). The number of aromatic nitrogens is 2. The van der Waals surface area contributed by atoms with Gasteiger partial charge in [-0.25, -0.2) is 0 Å². The highest BCUT2D eigenvalue weighted by molar-refractivity contribution is 6.13. The molecule has 0 atom stereocenters. The molecule has 0 saturated carbocycles. The van der Waals surface area contributed by atoms with E-state index in [1.165, 1.54) is 0 Å². The highest BCUT2D eigenvalue weighted by Gasteiger charge is 2.51. The minimum atomic E-state index is -0.699. The molecular weight excluding hydrogens is 422 g/mol. The molecule has 4 aromatic rings. The third kappa shape index (κ3) is 4.00. The predicted octanol–water partition coefficient (Wildman–Crippen LogP) is 1.06. The molecule has 0 spiro atoms. The minimum Gasteiger partial charge on any atom is -1.00 e. The van der Waals surface area contributed by atoms with Crippen LogP contribution in [0.5, 0.6) is 0 Å². The first-order valence-corrected chi connectivity index (χ1v) is 10.0. The number of nitrogens with zero attached hydrogens (tertiary/aromatic N) is 3. The number of carbonyl (C=O) groups excluding carboxylic acids is 1. The molecule has 2 N–H and O–H groups in total. The van der Waals surface area contributed by atoms with Crippen molar-refractivity contribution in [3.8, 4) is 0 Å². The van der Waals surface area contributed by atoms with Crippen LogP contribution in [-0.2, 0) is 23.1 Å². The Balaban J connectivity index is 0.00000144. The molecule has 5 nitrogen and oxygen atoms in total. The Morgan fingerprint density at radius 3 is 1.75 bits per heavy atom. The van der Waals surface area contributed by atoms with E-state index in [4.69, 9.17) is 0 Å². The zero-order valence-corrected chi connectivity index (χ0v) is 18.1. The average Bonchev–Trinajstić information content (AvgIpc) is 3.04. The second-order valence-corrected chi connectivity index (χ2v) is 7.64. The molecule has 1 amide bonds. The van der Waals surface area contributed by atoms with Gasteiger partial charge in [0.15, 0.2) is 0 Å². The van der Waals surface area contributed by atoms with Crippen molar-refractivity contribution in [3.05, 3.63) is 120 Å². The lowest BCUT2D eigenvalue weighted by Gasteiger charge is -2.29. The normalized spacial score (nSPS) is 13.6. The summed E-state index contributed by atoms with van der Waals surface area (Å²) < 4.78 is 0. The number of anilines is 2. The number of hydrogen-bond donors (Lipinski definition) is 0. The summed E-state index contributed by atoms with van der Waals surface area (Å²) in [6.07, 6.45) is 8.37. The Morgan fingerprint density at radius 2 is 1.19 bits per heavy atom. The van der Waals surface area contributed by atoms with Crippen LogP contribution < -0.4 is 17.3 Å². The Kier molecular flexibility index (Phi) is 7.03. The monoisotopic (exact) mass is 444 g/mol. The molecule has 0 saturated heterocycles. The number of fused-ring (bicyclic) bond motifs is 1. The number of carbonyl (C=O) groups is 1. The van der Waals surface area contributed by atoms with Gasteiger partial charge in [0.1, 0.15) is 0 Å². The SMILES string of the molecule is O.O=C1N(c2ccccc2)c2ccccc2C1(Cc1ccncc1)Cc1ccncc1.[Cl-]. The number of amides is 1. The van der Waals surface area contributed by atoms with Gasteiger partial charge in [0.2, 0.25) is 5.91 Å². The number of rotatable bonds is 5. The summed E-state index contributed by atoms with van der Waals surface area (Å²) in [6, 6.07) is 26.0. The predicted molar refractivity (Wildman–Crippen MR) is 121 cm³/mol. The van der Waals surface area contributed by atoms with E-state index in [1.807, 2.05) is 77.7 Å². The van der Waals surface area contributed by atoms with Crippen molar-refractivity contribution < 1.29 is 22.7 Å². The maximum atomic E-state index is 14.2. The Bertz CT molecular complexity index is 1130. The standard InChI is InChI=1S/C26H21N3O.ClH.H2O/c30-25-26(18-20-10-14-27-15-11-20,19-21-12-16-28-17-13-21)23-8-4-5-9-24(23)29(25)22-6-2-1-3-7-22;;/h1-17H,18-19H2;1H;1H2/p-1. The van der Waals surface area contributed by atoms with Crippen LogP contribution in [0.25, 0.3) is 0 Å². The van der Waals surface area contributed by atoms with Gasteiger partial charge < -0.3 is 17.9 Å². The summed E-state index contributed by atoms with van der Waals surface area (Å²) in [7, 11) is 0. The lowest BCUT2D eigenvalue weighted by Crippen LogP contribution is -3.00. The summed E-state index contributed by atoms with van der Waals surface area (Å²) in [5, 5.41) is 0. The number of hydrogen-bond acceptors (Lipinski definition) is 3. The van der Waals surface area contributed by atoms with Crippen LogP contribution >= 0.6 is 0 Å². The lowest BCUT2D eigenvalue weighted by atomic mass is 9.72. The second kappa shape index (κ2) is 9.73. The smallest absolute Gasteiger partial charge is 0.242 e. The van der Waals surface area contributed by atoms with E-state index in [0.29, 0.717) is 12.8 Å². The van der Waals surface area contributed by atoms with E-state index in [9.17, 15) is 4.79 Å². The summed E-state index contributed by atoms with van der Waals surface area (Å²) in [5.41, 5.74) is 4.40. The number of pyridine rings is 2. The van der Waals surface area contributed by atoms with Crippen molar-refractivity contribution in [2.45, 2.75) is 18.3 Å². The molecular formula is C26H23ClN3O2-. The first-order chi connectivity index (χ1) is 14.8. The van der Waals surface area contributed by atoms with Gasteiger partial charge in [-0.05, 0) is 72.0 Å². The maximum Gasteiger partial charge on any atom is 0.242 e. The first kappa shape index (κ1) is 23.1. The van der Waals surface area contributed by atoms with E-state index >= 15 is 0 Å². The molecule has 0 bridgehead atoms. The van der Waals surface area contributed by atoms with Crippen molar-refractivity contribution >= 4 is 17.3 Å². The fourth-order valence-electron chi connectivity index (χ4n) is 4.45. The van der Waals surface area contributed by atoms with Gasteiger partial charge in [0.05, 0.1) is 11.1 Å².